The molecule has 6 nitrogen and oxygen atoms in total. The predicted molar refractivity (Wildman–Crippen MR) is 88.7 cm³/mol. The first-order chi connectivity index (χ1) is 11.2. The van der Waals surface area contributed by atoms with Gasteiger partial charge in [0.25, 0.3) is 0 Å². The number of aromatic nitrogens is 3. The highest BCUT2D eigenvalue weighted by Crippen LogP contribution is 2.26. The van der Waals surface area contributed by atoms with Crippen molar-refractivity contribution in [3.8, 4) is 0 Å². The normalized spacial score (nSPS) is 21.1. The van der Waals surface area contributed by atoms with Crippen molar-refractivity contribution in [3.05, 3.63) is 42.5 Å². The molecule has 6 heteroatoms. The van der Waals surface area contributed by atoms with Gasteiger partial charge in [0.2, 0.25) is 5.91 Å². The molecule has 2 unspecified atom stereocenters. The fraction of sp³-hybridized carbons (Fsp3) is 0.471. The monoisotopic (exact) mass is 313 g/mol. The van der Waals surface area contributed by atoms with Crippen LogP contribution in [0.2, 0.25) is 0 Å². The summed E-state index contributed by atoms with van der Waals surface area (Å²) in [5, 5.41) is 7.08. The Balaban J connectivity index is 1.57. The lowest BCUT2D eigenvalue weighted by Crippen LogP contribution is -2.35. The van der Waals surface area contributed by atoms with Crippen LogP contribution >= 0.6 is 0 Å². The Morgan fingerprint density at radius 1 is 1.35 bits per heavy atom. The van der Waals surface area contributed by atoms with Gasteiger partial charge in [0, 0.05) is 18.2 Å². The van der Waals surface area contributed by atoms with Crippen molar-refractivity contribution in [1.29, 1.82) is 0 Å². The van der Waals surface area contributed by atoms with E-state index in [0.29, 0.717) is 18.9 Å². The van der Waals surface area contributed by atoms with Crippen molar-refractivity contribution >= 4 is 11.6 Å². The second-order valence-corrected chi connectivity index (χ2v) is 6.25. The van der Waals surface area contributed by atoms with Crippen LogP contribution < -0.4 is 11.1 Å². The van der Waals surface area contributed by atoms with E-state index in [4.69, 9.17) is 5.73 Å². The van der Waals surface area contributed by atoms with Gasteiger partial charge in [0.1, 0.15) is 12.7 Å². The molecule has 0 aliphatic heterocycles. The maximum Gasteiger partial charge on any atom is 0.224 e. The minimum atomic E-state index is 0.0465. The van der Waals surface area contributed by atoms with Crippen LogP contribution in [0.1, 0.15) is 37.7 Å². The molecule has 2 aromatic rings. The molecule has 122 valence electrons. The van der Waals surface area contributed by atoms with Crippen LogP contribution in [0.15, 0.2) is 36.9 Å². The van der Waals surface area contributed by atoms with Crippen LogP contribution in [0.3, 0.4) is 0 Å². The van der Waals surface area contributed by atoms with Crippen LogP contribution in [0, 0.1) is 5.92 Å². The lowest BCUT2D eigenvalue weighted by molar-refractivity contribution is -0.117. The molecule has 0 spiro atoms. The molecule has 1 saturated carbocycles. The number of rotatable bonds is 5. The van der Waals surface area contributed by atoms with Crippen molar-refractivity contribution in [3.63, 3.8) is 0 Å². The molecule has 3 N–H and O–H groups in total. The van der Waals surface area contributed by atoms with E-state index in [1.807, 2.05) is 24.3 Å². The van der Waals surface area contributed by atoms with E-state index in [2.05, 4.69) is 15.4 Å². The number of amides is 1. The van der Waals surface area contributed by atoms with Crippen molar-refractivity contribution in [2.75, 3.05) is 5.32 Å². The Morgan fingerprint density at radius 2 is 2.22 bits per heavy atom. The summed E-state index contributed by atoms with van der Waals surface area (Å²) >= 11 is 0. The van der Waals surface area contributed by atoms with Crippen molar-refractivity contribution in [2.24, 2.45) is 11.7 Å². The zero-order valence-corrected chi connectivity index (χ0v) is 13.2. The number of anilines is 1. The fourth-order valence-electron chi connectivity index (χ4n) is 3.19. The zero-order chi connectivity index (χ0) is 16.1. The highest BCUT2D eigenvalue weighted by Gasteiger charge is 2.24. The standard InChI is InChI=1S/C17H23N5O/c18-16-7-2-1-5-14(16)9-17(23)21-15-6-3-4-13(8-15)10-22-12-19-11-20-22/h3-4,6,8,11-12,14,16H,1-2,5,7,9-10,18H2,(H,21,23). The van der Waals surface area contributed by atoms with Gasteiger partial charge < -0.3 is 11.1 Å². The Hall–Kier alpha value is -2.21. The third-order valence-corrected chi connectivity index (χ3v) is 4.44. The Kier molecular flexibility index (Phi) is 5.02. The number of hydrogen-bond donors (Lipinski definition) is 2. The average molecular weight is 313 g/mol. The summed E-state index contributed by atoms with van der Waals surface area (Å²) in [7, 11) is 0. The third kappa shape index (κ3) is 4.39. The molecule has 1 amide bonds. The van der Waals surface area contributed by atoms with Gasteiger partial charge in [-0.15, -0.1) is 0 Å². The molecule has 1 heterocycles. The SMILES string of the molecule is NC1CCCCC1CC(=O)Nc1cccc(Cn2cncn2)c1. The van der Waals surface area contributed by atoms with E-state index >= 15 is 0 Å². The van der Waals surface area contributed by atoms with Crippen LogP contribution in [-0.4, -0.2) is 26.7 Å². The molecule has 0 radical (unpaired) electrons. The van der Waals surface area contributed by atoms with E-state index in [-0.39, 0.29) is 11.9 Å². The Morgan fingerprint density at radius 3 is 3.00 bits per heavy atom. The molecule has 1 fully saturated rings. The number of carbonyl (C=O) groups excluding carboxylic acids is 1. The largest absolute Gasteiger partial charge is 0.327 e. The van der Waals surface area contributed by atoms with Crippen LogP contribution in [0.4, 0.5) is 5.69 Å². The van der Waals surface area contributed by atoms with E-state index < -0.39 is 0 Å². The van der Waals surface area contributed by atoms with E-state index in [1.165, 1.54) is 19.2 Å². The molecule has 1 aromatic heterocycles. The fourth-order valence-corrected chi connectivity index (χ4v) is 3.19. The maximum atomic E-state index is 12.3. The molecule has 3 rings (SSSR count). The molecule has 1 aromatic carbocycles. The van der Waals surface area contributed by atoms with E-state index in [0.717, 1.165) is 24.1 Å². The van der Waals surface area contributed by atoms with Crippen molar-refractivity contribution in [1.82, 2.24) is 14.8 Å². The van der Waals surface area contributed by atoms with Gasteiger partial charge in [-0.3, -0.25) is 4.79 Å². The van der Waals surface area contributed by atoms with Crippen molar-refractivity contribution < 1.29 is 4.79 Å². The van der Waals surface area contributed by atoms with Gasteiger partial charge in [-0.1, -0.05) is 25.0 Å². The highest BCUT2D eigenvalue weighted by molar-refractivity contribution is 5.90. The average Bonchev–Trinajstić information content (AvgIpc) is 3.03. The van der Waals surface area contributed by atoms with Gasteiger partial charge in [0.15, 0.2) is 0 Å². The van der Waals surface area contributed by atoms with E-state index in [1.54, 1.807) is 11.0 Å². The Bertz CT molecular complexity index is 640. The first-order valence-electron chi connectivity index (χ1n) is 8.17. The summed E-state index contributed by atoms with van der Waals surface area (Å²) in [4.78, 5) is 16.2. The number of benzene rings is 1. The summed E-state index contributed by atoms with van der Waals surface area (Å²) in [6.07, 6.45) is 8.15. The zero-order valence-electron chi connectivity index (χ0n) is 13.2. The predicted octanol–water partition coefficient (Wildman–Crippen LogP) is 2.17. The van der Waals surface area contributed by atoms with Gasteiger partial charge in [0.05, 0.1) is 6.54 Å². The summed E-state index contributed by atoms with van der Waals surface area (Å²) in [5.41, 5.74) is 8.01. The quantitative estimate of drug-likeness (QED) is 0.886. The van der Waals surface area contributed by atoms with Crippen molar-refractivity contribution in [2.45, 2.75) is 44.7 Å². The molecule has 1 aliphatic carbocycles. The maximum absolute atomic E-state index is 12.3. The smallest absolute Gasteiger partial charge is 0.224 e. The van der Waals surface area contributed by atoms with Gasteiger partial charge >= 0.3 is 0 Å². The molecule has 0 bridgehead atoms. The molecular weight excluding hydrogens is 290 g/mol. The van der Waals surface area contributed by atoms with Gasteiger partial charge in [-0.2, -0.15) is 5.10 Å². The summed E-state index contributed by atoms with van der Waals surface area (Å²) < 4.78 is 1.75. The topological polar surface area (TPSA) is 85.8 Å². The highest BCUT2D eigenvalue weighted by atomic mass is 16.1. The first kappa shape index (κ1) is 15.7. The third-order valence-electron chi connectivity index (χ3n) is 4.44. The Labute approximate surface area is 136 Å². The first-order valence-corrected chi connectivity index (χ1v) is 8.17. The molecule has 23 heavy (non-hydrogen) atoms. The molecule has 2 atom stereocenters. The van der Waals surface area contributed by atoms with Gasteiger partial charge in [-0.25, -0.2) is 9.67 Å². The van der Waals surface area contributed by atoms with Crippen LogP contribution in [-0.2, 0) is 11.3 Å². The van der Waals surface area contributed by atoms with Crippen LogP contribution in [0.5, 0.6) is 0 Å². The molecule has 1 aliphatic rings. The number of nitrogens with zero attached hydrogens (tertiary/aromatic N) is 3. The number of nitrogens with two attached hydrogens (primary N) is 1. The number of carbonyl (C=O) groups is 1. The molecular formula is C17H23N5O. The van der Waals surface area contributed by atoms with E-state index in [9.17, 15) is 4.79 Å². The number of nitrogens with one attached hydrogen (secondary N) is 1. The number of hydrogen-bond acceptors (Lipinski definition) is 4. The molecule has 0 saturated heterocycles. The lowest BCUT2D eigenvalue weighted by Gasteiger charge is -2.27. The van der Waals surface area contributed by atoms with Gasteiger partial charge in [-0.05, 0) is 36.5 Å². The lowest BCUT2D eigenvalue weighted by atomic mass is 9.83. The van der Waals surface area contributed by atoms with Crippen LogP contribution in [0.25, 0.3) is 0 Å². The summed E-state index contributed by atoms with van der Waals surface area (Å²) in [6, 6.07) is 7.99. The minimum Gasteiger partial charge on any atom is -0.327 e. The minimum absolute atomic E-state index is 0.0465. The summed E-state index contributed by atoms with van der Waals surface area (Å²) in [5.74, 6) is 0.354. The summed E-state index contributed by atoms with van der Waals surface area (Å²) in [6.45, 7) is 0.636. The second-order valence-electron chi connectivity index (χ2n) is 6.25. The second kappa shape index (κ2) is 7.37.